The third-order valence-corrected chi connectivity index (χ3v) is 5.22. The van der Waals surface area contributed by atoms with Crippen LogP contribution in [-0.2, 0) is 4.79 Å². The van der Waals surface area contributed by atoms with Crippen LogP contribution in [0.1, 0.15) is 51.3 Å². The van der Waals surface area contributed by atoms with E-state index in [-0.39, 0.29) is 17.4 Å². The summed E-state index contributed by atoms with van der Waals surface area (Å²) >= 11 is 0. The number of nitrogens with one attached hydrogen (secondary N) is 1. The summed E-state index contributed by atoms with van der Waals surface area (Å²) in [5, 5.41) is 3.60. The van der Waals surface area contributed by atoms with Crippen molar-refractivity contribution in [3.05, 3.63) is 47.5 Å². The van der Waals surface area contributed by atoms with Gasteiger partial charge in [0.25, 0.3) is 0 Å². The van der Waals surface area contributed by atoms with E-state index in [2.05, 4.69) is 44.3 Å². The fourth-order valence-electron chi connectivity index (χ4n) is 4.36. The molecule has 0 saturated heterocycles. The molecule has 2 aliphatic rings. The fraction of sp³-hybridized carbons (Fsp3) is 0.348. The Bertz CT molecular complexity index is 972. The molecule has 0 aliphatic carbocycles. The van der Waals surface area contributed by atoms with Crippen LogP contribution in [0.15, 0.2) is 36.4 Å². The maximum atomic E-state index is 12.0. The first kappa shape index (κ1) is 17.7. The first-order valence-electron chi connectivity index (χ1n) is 9.29. The van der Waals surface area contributed by atoms with Gasteiger partial charge in [0.2, 0.25) is 0 Å². The normalized spacial score (nSPS) is 18.9. The number of fused-ring (bicyclic) bond motifs is 5. The Morgan fingerprint density at radius 3 is 2.70 bits per heavy atom. The van der Waals surface area contributed by atoms with Gasteiger partial charge in [0.1, 0.15) is 23.4 Å². The van der Waals surface area contributed by atoms with Crippen molar-refractivity contribution in [1.29, 1.82) is 0 Å². The van der Waals surface area contributed by atoms with Gasteiger partial charge in [0, 0.05) is 23.2 Å². The second-order valence-electron chi connectivity index (χ2n) is 7.97. The van der Waals surface area contributed by atoms with Gasteiger partial charge in [-0.25, -0.2) is 0 Å². The third kappa shape index (κ3) is 2.89. The van der Waals surface area contributed by atoms with Gasteiger partial charge in [-0.1, -0.05) is 18.2 Å². The molecule has 2 aliphatic heterocycles. The summed E-state index contributed by atoms with van der Waals surface area (Å²) in [7, 11) is 1.67. The second kappa shape index (κ2) is 6.15. The minimum atomic E-state index is -0.307. The number of carbonyl (C=O) groups is 1. The summed E-state index contributed by atoms with van der Waals surface area (Å²) in [6.45, 7) is 8.05. The maximum absolute atomic E-state index is 12.0. The molecule has 2 aromatic rings. The second-order valence-corrected chi connectivity index (χ2v) is 7.97. The van der Waals surface area contributed by atoms with Crippen molar-refractivity contribution >= 4 is 17.0 Å². The molecule has 0 radical (unpaired) electrons. The maximum Gasteiger partial charge on any atom is 0.133 e. The van der Waals surface area contributed by atoms with E-state index in [1.54, 1.807) is 14.0 Å². The number of carbonyl (C=O) groups excluding carboxylic acids is 1. The fourth-order valence-corrected chi connectivity index (χ4v) is 4.36. The molecule has 1 unspecified atom stereocenters. The van der Waals surface area contributed by atoms with Gasteiger partial charge in [-0.2, -0.15) is 0 Å². The van der Waals surface area contributed by atoms with Crippen molar-refractivity contribution < 1.29 is 14.3 Å². The number of Topliss-reactive ketones (excluding diaryl/α,β-unsaturated/α-hetero) is 1. The van der Waals surface area contributed by atoms with Gasteiger partial charge in [-0.15, -0.1) is 0 Å². The van der Waals surface area contributed by atoms with Crippen LogP contribution in [0.3, 0.4) is 0 Å². The molecule has 1 N–H and O–H groups in total. The lowest BCUT2D eigenvalue weighted by Gasteiger charge is -2.37. The number of hydrogen-bond acceptors (Lipinski definition) is 4. The van der Waals surface area contributed by atoms with Crippen molar-refractivity contribution in [3.63, 3.8) is 0 Å². The van der Waals surface area contributed by atoms with Crippen LogP contribution in [0.2, 0.25) is 0 Å². The van der Waals surface area contributed by atoms with Gasteiger partial charge in [-0.3, -0.25) is 4.79 Å². The molecule has 0 fully saturated rings. The summed E-state index contributed by atoms with van der Waals surface area (Å²) in [6, 6.07) is 10.0. The molecular weight excluding hydrogens is 338 g/mol. The average Bonchev–Trinajstić information content (AvgIpc) is 2.59. The lowest BCUT2D eigenvalue weighted by molar-refractivity contribution is -0.118. The van der Waals surface area contributed by atoms with Crippen molar-refractivity contribution in [2.24, 2.45) is 0 Å². The highest BCUT2D eigenvalue weighted by Gasteiger charge is 2.35. The molecule has 140 valence electrons. The number of rotatable bonds is 3. The van der Waals surface area contributed by atoms with E-state index in [4.69, 9.17) is 9.47 Å². The van der Waals surface area contributed by atoms with Gasteiger partial charge >= 0.3 is 0 Å². The summed E-state index contributed by atoms with van der Waals surface area (Å²) in [5.74, 6) is 1.65. The summed E-state index contributed by atoms with van der Waals surface area (Å²) in [6.07, 6.45) is 2.27. The number of ketones is 1. The van der Waals surface area contributed by atoms with E-state index < -0.39 is 0 Å². The van der Waals surface area contributed by atoms with Crippen molar-refractivity contribution in [1.82, 2.24) is 0 Å². The van der Waals surface area contributed by atoms with Crippen LogP contribution in [0, 0.1) is 0 Å². The quantitative estimate of drug-likeness (QED) is 0.795. The zero-order valence-electron chi connectivity index (χ0n) is 16.5. The van der Waals surface area contributed by atoms with E-state index >= 15 is 0 Å². The summed E-state index contributed by atoms with van der Waals surface area (Å²) in [5.41, 5.74) is 6.39. The minimum absolute atomic E-state index is 0.112. The molecule has 4 heteroatoms. The number of allylic oxidation sites excluding steroid dienone is 1. The van der Waals surface area contributed by atoms with Crippen molar-refractivity contribution in [2.45, 2.75) is 45.8 Å². The van der Waals surface area contributed by atoms with E-state index in [1.165, 1.54) is 5.57 Å². The van der Waals surface area contributed by atoms with E-state index in [9.17, 15) is 4.79 Å². The van der Waals surface area contributed by atoms with Crippen LogP contribution in [0.25, 0.3) is 16.7 Å². The van der Waals surface area contributed by atoms with Crippen LogP contribution in [0.5, 0.6) is 11.5 Å². The highest BCUT2D eigenvalue weighted by atomic mass is 16.5. The minimum Gasteiger partial charge on any atom is -0.496 e. The number of hydrogen-bond donors (Lipinski definition) is 1. The summed E-state index contributed by atoms with van der Waals surface area (Å²) in [4.78, 5) is 12.0. The average molecular weight is 363 g/mol. The molecule has 1 atom stereocenters. The number of methoxy groups -OCH3 is 1. The number of benzene rings is 2. The molecule has 4 rings (SSSR count). The van der Waals surface area contributed by atoms with Crippen LogP contribution in [0.4, 0.5) is 5.69 Å². The predicted molar refractivity (Wildman–Crippen MR) is 108 cm³/mol. The molecule has 0 amide bonds. The van der Waals surface area contributed by atoms with Crippen LogP contribution >= 0.6 is 0 Å². The highest BCUT2D eigenvalue weighted by molar-refractivity contribution is 5.92. The molecule has 4 nitrogen and oxygen atoms in total. The van der Waals surface area contributed by atoms with Gasteiger partial charge < -0.3 is 14.8 Å². The zero-order chi connectivity index (χ0) is 19.3. The molecule has 0 bridgehead atoms. The summed E-state index contributed by atoms with van der Waals surface area (Å²) < 4.78 is 11.9. The first-order valence-corrected chi connectivity index (χ1v) is 9.29. The van der Waals surface area contributed by atoms with Gasteiger partial charge in [-0.05, 0) is 57.0 Å². The Morgan fingerprint density at radius 1 is 1.22 bits per heavy atom. The predicted octanol–water partition coefficient (Wildman–Crippen LogP) is 5.38. The largest absolute Gasteiger partial charge is 0.496 e. The van der Waals surface area contributed by atoms with E-state index in [0.29, 0.717) is 6.42 Å². The molecule has 27 heavy (non-hydrogen) atoms. The van der Waals surface area contributed by atoms with Crippen molar-refractivity contribution in [2.75, 3.05) is 12.4 Å². The lowest BCUT2D eigenvalue weighted by atomic mass is 9.81. The Morgan fingerprint density at radius 2 is 2.00 bits per heavy atom. The monoisotopic (exact) mass is 363 g/mol. The Balaban J connectivity index is 2.01. The smallest absolute Gasteiger partial charge is 0.133 e. The topological polar surface area (TPSA) is 47.6 Å². The molecule has 0 aromatic heterocycles. The van der Waals surface area contributed by atoms with Crippen LogP contribution in [-0.4, -0.2) is 18.4 Å². The molecule has 2 aromatic carbocycles. The van der Waals surface area contributed by atoms with E-state index in [1.807, 2.05) is 18.2 Å². The highest BCUT2D eigenvalue weighted by Crippen LogP contribution is 2.52. The van der Waals surface area contributed by atoms with E-state index in [0.717, 1.165) is 39.4 Å². The first-order chi connectivity index (χ1) is 12.8. The third-order valence-electron chi connectivity index (χ3n) is 5.22. The Hall–Kier alpha value is -2.75. The molecule has 2 heterocycles. The number of anilines is 1. The molecule has 0 saturated carbocycles. The standard InChI is InChI=1S/C23H25NO3/c1-13-12-23(3,4)24-16-10-9-15-21-17(26-5)7-6-8-18(21)27-19(11-14(2)25)22(15)20(13)16/h6-10,12,19,24H,11H2,1-5H3. The Kier molecular flexibility index (Phi) is 4.02. The van der Waals surface area contributed by atoms with Gasteiger partial charge in [0.15, 0.2) is 0 Å². The SMILES string of the molecule is COc1cccc2c1-c1ccc3c(c1C(CC(C)=O)O2)C(C)=CC(C)(C)N3. The molecule has 0 spiro atoms. The van der Waals surface area contributed by atoms with Crippen molar-refractivity contribution in [3.8, 4) is 22.6 Å². The van der Waals surface area contributed by atoms with Gasteiger partial charge in [0.05, 0.1) is 18.2 Å². The lowest BCUT2D eigenvalue weighted by Crippen LogP contribution is -2.32. The molecular formula is C23H25NO3. The number of ether oxygens (including phenoxy) is 2. The van der Waals surface area contributed by atoms with Crippen LogP contribution < -0.4 is 14.8 Å². The zero-order valence-corrected chi connectivity index (χ0v) is 16.5. The Labute approximate surface area is 160 Å².